The highest BCUT2D eigenvalue weighted by Gasteiger charge is 2.49. The summed E-state index contributed by atoms with van der Waals surface area (Å²) in [5.74, 6) is -0.224. The van der Waals surface area contributed by atoms with Crippen molar-refractivity contribution < 1.29 is 13.9 Å². The molecule has 2 amide bonds. The minimum absolute atomic E-state index is 0.0745. The van der Waals surface area contributed by atoms with Crippen LogP contribution in [0.3, 0.4) is 0 Å². The lowest BCUT2D eigenvalue weighted by Crippen LogP contribution is -2.45. The lowest BCUT2D eigenvalue weighted by atomic mass is 9.66. The number of hydrogen-bond acceptors (Lipinski definition) is 3. The molecule has 6 heteroatoms. The van der Waals surface area contributed by atoms with Gasteiger partial charge in [-0.1, -0.05) is 12.5 Å². The molecule has 1 saturated carbocycles. The van der Waals surface area contributed by atoms with E-state index in [1.165, 1.54) is 19.6 Å². The van der Waals surface area contributed by atoms with E-state index in [1.54, 1.807) is 17.0 Å². The first kappa shape index (κ1) is 15.1. The first-order chi connectivity index (χ1) is 10.5. The number of halogens is 1. The number of likely N-dealkylation sites (tertiary alicyclic amines) is 1. The van der Waals surface area contributed by atoms with Crippen LogP contribution >= 0.6 is 0 Å². The molecule has 1 aromatic carbocycles. The second kappa shape index (κ2) is 5.76. The van der Waals surface area contributed by atoms with E-state index < -0.39 is 5.82 Å². The minimum atomic E-state index is -0.425. The van der Waals surface area contributed by atoms with Crippen molar-refractivity contribution in [2.24, 2.45) is 11.1 Å². The van der Waals surface area contributed by atoms with Crippen LogP contribution < -0.4 is 15.8 Å². The van der Waals surface area contributed by atoms with Crippen LogP contribution in [0.2, 0.25) is 0 Å². The van der Waals surface area contributed by atoms with Crippen molar-refractivity contribution in [1.29, 1.82) is 0 Å². The Morgan fingerprint density at radius 3 is 2.86 bits per heavy atom. The summed E-state index contributed by atoms with van der Waals surface area (Å²) in [4.78, 5) is 14.0. The molecule has 3 N–H and O–H groups in total. The second-order valence-corrected chi connectivity index (χ2v) is 6.33. The molecule has 2 fully saturated rings. The van der Waals surface area contributed by atoms with Crippen LogP contribution in [0.15, 0.2) is 18.2 Å². The van der Waals surface area contributed by atoms with Gasteiger partial charge in [0.05, 0.1) is 7.11 Å². The number of benzene rings is 1. The predicted octanol–water partition coefficient (Wildman–Crippen LogP) is 1.86. The van der Waals surface area contributed by atoms with Crippen LogP contribution in [0.4, 0.5) is 9.18 Å². The maximum Gasteiger partial charge on any atom is 0.317 e. The number of nitrogens with two attached hydrogens (primary N) is 1. The molecule has 22 heavy (non-hydrogen) atoms. The first-order valence-electron chi connectivity index (χ1n) is 7.65. The van der Waals surface area contributed by atoms with Gasteiger partial charge < -0.3 is 20.7 Å². The predicted molar refractivity (Wildman–Crippen MR) is 81.0 cm³/mol. The van der Waals surface area contributed by atoms with Gasteiger partial charge in [0, 0.05) is 31.1 Å². The van der Waals surface area contributed by atoms with Gasteiger partial charge >= 0.3 is 6.03 Å². The summed E-state index contributed by atoms with van der Waals surface area (Å²) in [5.41, 5.74) is 7.02. The number of amides is 2. The van der Waals surface area contributed by atoms with Gasteiger partial charge in [-0.3, -0.25) is 0 Å². The summed E-state index contributed by atoms with van der Waals surface area (Å²) in [6, 6.07) is 4.63. The molecule has 1 spiro atoms. The maximum atomic E-state index is 13.6. The Morgan fingerprint density at radius 2 is 2.32 bits per heavy atom. The fourth-order valence-electron chi connectivity index (χ4n) is 3.42. The summed E-state index contributed by atoms with van der Waals surface area (Å²) >= 11 is 0. The number of hydrogen-bond donors (Lipinski definition) is 2. The molecule has 1 aliphatic carbocycles. The molecule has 0 aromatic heterocycles. The summed E-state index contributed by atoms with van der Waals surface area (Å²) in [5, 5.41) is 2.84. The van der Waals surface area contributed by atoms with Crippen LogP contribution in [-0.2, 0) is 6.54 Å². The zero-order valence-electron chi connectivity index (χ0n) is 12.8. The summed E-state index contributed by atoms with van der Waals surface area (Å²) < 4.78 is 18.5. The third kappa shape index (κ3) is 2.63. The van der Waals surface area contributed by atoms with E-state index in [0.29, 0.717) is 18.7 Å². The molecule has 120 valence electrons. The largest absolute Gasteiger partial charge is 0.494 e. The fourth-order valence-corrected chi connectivity index (χ4v) is 3.42. The zero-order chi connectivity index (χ0) is 15.7. The van der Waals surface area contributed by atoms with Gasteiger partial charge in [-0.25, -0.2) is 9.18 Å². The minimum Gasteiger partial charge on any atom is -0.494 e. The topological polar surface area (TPSA) is 67.6 Å². The van der Waals surface area contributed by atoms with Crippen molar-refractivity contribution in [3.05, 3.63) is 29.6 Å². The average Bonchev–Trinajstić information content (AvgIpc) is 2.83. The monoisotopic (exact) mass is 307 g/mol. The summed E-state index contributed by atoms with van der Waals surface area (Å²) in [7, 11) is 1.42. The molecule has 3 rings (SSSR count). The number of ether oxygens (including phenoxy) is 1. The molecule has 1 unspecified atom stereocenters. The normalized spacial score (nSPS) is 22.5. The number of urea groups is 1. The number of carbonyl (C=O) groups is 1. The Kier molecular flexibility index (Phi) is 3.95. The van der Waals surface area contributed by atoms with Gasteiger partial charge in [0.1, 0.15) is 0 Å². The van der Waals surface area contributed by atoms with Gasteiger partial charge in [-0.2, -0.15) is 0 Å². The second-order valence-electron chi connectivity index (χ2n) is 6.33. The molecule has 1 atom stereocenters. The molecule has 0 radical (unpaired) electrons. The Labute approximate surface area is 129 Å². The molecular weight excluding hydrogens is 285 g/mol. The van der Waals surface area contributed by atoms with E-state index in [0.717, 1.165) is 19.4 Å². The van der Waals surface area contributed by atoms with Crippen molar-refractivity contribution in [2.75, 3.05) is 20.2 Å². The number of carbonyl (C=O) groups excluding carboxylic acids is 1. The Morgan fingerprint density at radius 1 is 1.55 bits per heavy atom. The van der Waals surface area contributed by atoms with Crippen molar-refractivity contribution >= 4 is 6.03 Å². The maximum absolute atomic E-state index is 13.6. The highest BCUT2D eigenvalue weighted by Crippen LogP contribution is 2.47. The molecule has 1 heterocycles. The highest BCUT2D eigenvalue weighted by atomic mass is 19.1. The van der Waals surface area contributed by atoms with E-state index in [1.807, 2.05) is 0 Å². The van der Waals surface area contributed by atoms with E-state index in [-0.39, 0.29) is 23.2 Å². The lowest BCUT2D eigenvalue weighted by molar-refractivity contribution is 0.125. The number of rotatable bonds is 3. The van der Waals surface area contributed by atoms with E-state index in [9.17, 15) is 9.18 Å². The third-order valence-corrected chi connectivity index (χ3v) is 5.01. The lowest BCUT2D eigenvalue weighted by Gasteiger charge is -2.41. The molecule has 5 nitrogen and oxygen atoms in total. The van der Waals surface area contributed by atoms with Gasteiger partial charge in [-0.15, -0.1) is 0 Å². The zero-order valence-corrected chi connectivity index (χ0v) is 12.8. The van der Waals surface area contributed by atoms with Crippen LogP contribution in [0.25, 0.3) is 0 Å². The SMILES string of the molecule is COc1ccc(CNC(=O)N2CC(N)C3(CCC3)C2)cc1F. The van der Waals surface area contributed by atoms with E-state index in [4.69, 9.17) is 10.5 Å². The van der Waals surface area contributed by atoms with Gasteiger partial charge in [-0.05, 0) is 30.5 Å². The van der Waals surface area contributed by atoms with Gasteiger partial charge in [0.2, 0.25) is 0 Å². The van der Waals surface area contributed by atoms with Crippen LogP contribution in [0.1, 0.15) is 24.8 Å². The quantitative estimate of drug-likeness (QED) is 0.895. The Bertz CT molecular complexity index is 575. The van der Waals surface area contributed by atoms with Crippen LogP contribution in [0.5, 0.6) is 5.75 Å². The molecule has 1 aliphatic heterocycles. The summed E-state index contributed by atoms with van der Waals surface area (Å²) in [6.45, 7) is 1.62. The average molecular weight is 307 g/mol. The Balaban J connectivity index is 1.55. The van der Waals surface area contributed by atoms with Crippen molar-refractivity contribution in [3.63, 3.8) is 0 Å². The first-order valence-corrected chi connectivity index (χ1v) is 7.65. The number of nitrogens with one attached hydrogen (secondary N) is 1. The van der Waals surface area contributed by atoms with Gasteiger partial charge in [0.25, 0.3) is 0 Å². The van der Waals surface area contributed by atoms with Crippen LogP contribution in [0, 0.1) is 11.2 Å². The highest BCUT2D eigenvalue weighted by molar-refractivity contribution is 5.74. The van der Waals surface area contributed by atoms with Crippen molar-refractivity contribution in [2.45, 2.75) is 31.8 Å². The van der Waals surface area contributed by atoms with E-state index in [2.05, 4.69) is 5.32 Å². The molecule has 2 aliphatic rings. The smallest absolute Gasteiger partial charge is 0.317 e. The van der Waals surface area contributed by atoms with Crippen molar-refractivity contribution in [1.82, 2.24) is 10.2 Å². The Hall–Kier alpha value is -1.82. The molecule has 0 bridgehead atoms. The molecule has 1 saturated heterocycles. The van der Waals surface area contributed by atoms with Crippen LogP contribution in [-0.4, -0.2) is 37.2 Å². The molecule has 1 aromatic rings. The van der Waals surface area contributed by atoms with E-state index >= 15 is 0 Å². The number of nitrogens with zero attached hydrogens (tertiary/aromatic N) is 1. The number of methoxy groups -OCH3 is 1. The van der Waals surface area contributed by atoms with Gasteiger partial charge in [0.15, 0.2) is 11.6 Å². The van der Waals surface area contributed by atoms with Crippen molar-refractivity contribution in [3.8, 4) is 5.75 Å². The standard InChI is InChI=1S/C16H22FN3O2/c1-22-13-4-3-11(7-12(13)17)8-19-15(21)20-9-14(18)16(10-20)5-2-6-16/h3-4,7,14H,2,5-6,8-10,18H2,1H3,(H,19,21). The molecular formula is C16H22FN3O2. The summed E-state index contributed by atoms with van der Waals surface area (Å²) in [6.07, 6.45) is 3.43. The third-order valence-electron chi connectivity index (χ3n) is 5.01. The fraction of sp³-hybridized carbons (Fsp3) is 0.562.